The second kappa shape index (κ2) is 10.9. The lowest BCUT2D eigenvalue weighted by Crippen LogP contribution is -2.40. The standard InChI is InChI=1S/C28H32FN5O3/c1-18(31-27(35)37-28(3,4)5)17-36-23-11-9-20(10-12-23)24-16-30-26-14-13-25(33-34(24)26)32-19(2)21-7-6-8-22(29)15-21/h6-16,18-19H,17H2,1-5H3,(H,31,35)(H,32,33)/t18-,19-/m1/s1. The molecule has 2 atom stereocenters. The number of amides is 1. The Morgan fingerprint density at radius 3 is 2.54 bits per heavy atom. The first-order chi connectivity index (χ1) is 17.6. The summed E-state index contributed by atoms with van der Waals surface area (Å²) in [5.74, 6) is 1.05. The summed E-state index contributed by atoms with van der Waals surface area (Å²) in [4.78, 5) is 16.4. The molecule has 2 heterocycles. The Kier molecular flexibility index (Phi) is 7.61. The van der Waals surface area contributed by atoms with Crippen molar-refractivity contribution in [3.8, 4) is 17.0 Å². The molecule has 0 radical (unpaired) electrons. The van der Waals surface area contributed by atoms with Gasteiger partial charge < -0.3 is 20.1 Å². The number of benzene rings is 2. The summed E-state index contributed by atoms with van der Waals surface area (Å²) in [5.41, 5.74) is 2.73. The first kappa shape index (κ1) is 25.9. The number of ether oxygens (including phenoxy) is 2. The molecule has 0 aliphatic carbocycles. The summed E-state index contributed by atoms with van der Waals surface area (Å²) in [7, 11) is 0. The number of hydrogen-bond acceptors (Lipinski definition) is 6. The van der Waals surface area contributed by atoms with Crippen LogP contribution in [0.5, 0.6) is 5.75 Å². The lowest BCUT2D eigenvalue weighted by Gasteiger charge is -2.22. The third-order valence-electron chi connectivity index (χ3n) is 5.49. The van der Waals surface area contributed by atoms with Crippen LogP contribution in [0.2, 0.25) is 0 Å². The van der Waals surface area contributed by atoms with E-state index in [1.54, 1.807) is 16.8 Å². The normalized spacial score (nSPS) is 13.1. The second-order valence-electron chi connectivity index (χ2n) is 9.94. The largest absolute Gasteiger partial charge is 0.491 e. The van der Waals surface area contributed by atoms with Crippen LogP contribution in [-0.2, 0) is 4.74 Å². The molecule has 0 spiro atoms. The van der Waals surface area contributed by atoms with Crippen LogP contribution in [0, 0.1) is 5.82 Å². The molecule has 37 heavy (non-hydrogen) atoms. The van der Waals surface area contributed by atoms with E-state index in [9.17, 15) is 9.18 Å². The van der Waals surface area contributed by atoms with Crippen LogP contribution in [0.15, 0.2) is 66.9 Å². The number of alkyl carbamates (subject to hydrolysis) is 1. The minimum absolute atomic E-state index is 0.128. The van der Waals surface area contributed by atoms with Gasteiger partial charge in [0.25, 0.3) is 0 Å². The second-order valence-corrected chi connectivity index (χ2v) is 9.94. The molecule has 8 nitrogen and oxygen atoms in total. The third-order valence-corrected chi connectivity index (χ3v) is 5.49. The SMILES string of the molecule is C[C@H](COc1ccc(-c2cnc3ccc(N[C@H](C)c4cccc(F)c4)nn23)cc1)NC(=O)OC(C)(C)C. The fourth-order valence-corrected chi connectivity index (χ4v) is 3.72. The van der Waals surface area contributed by atoms with Gasteiger partial charge in [-0.15, -0.1) is 5.10 Å². The number of hydrogen-bond donors (Lipinski definition) is 2. The van der Waals surface area contributed by atoms with E-state index in [0.717, 1.165) is 16.8 Å². The Hall–Kier alpha value is -4.14. The van der Waals surface area contributed by atoms with Crippen LogP contribution in [-0.4, -0.2) is 38.9 Å². The quantitative estimate of drug-likeness (QED) is 0.305. The lowest BCUT2D eigenvalue weighted by molar-refractivity contribution is 0.0494. The summed E-state index contributed by atoms with van der Waals surface area (Å²) in [5, 5.41) is 10.8. The van der Waals surface area contributed by atoms with Gasteiger partial charge in [0.15, 0.2) is 5.65 Å². The van der Waals surface area contributed by atoms with Gasteiger partial charge in [0.05, 0.1) is 24.0 Å². The molecule has 0 bridgehead atoms. The lowest BCUT2D eigenvalue weighted by atomic mass is 10.1. The highest BCUT2D eigenvalue weighted by molar-refractivity contribution is 5.68. The Balaban J connectivity index is 1.41. The Morgan fingerprint density at radius 1 is 1.08 bits per heavy atom. The van der Waals surface area contributed by atoms with E-state index in [1.165, 1.54) is 12.1 Å². The predicted molar refractivity (Wildman–Crippen MR) is 141 cm³/mol. The third kappa shape index (κ3) is 6.97. The number of aromatic nitrogens is 3. The molecular weight excluding hydrogens is 473 g/mol. The number of carbonyl (C=O) groups is 1. The van der Waals surface area contributed by atoms with Gasteiger partial charge in [0.1, 0.15) is 29.6 Å². The van der Waals surface area contributed by atoms with E-state index in [-0.39, 0.29) is 17.9 Å². The molecule has 1 amide bonds. The summed E-state index contributed by atoms with van der Waals surface area (Å²) < 4.78 is 26.5. The minimum Gasteiger partial charge on any atom is -0.491 e. The first-order valence-corrected chi connectivity index (χ1v) is 12.2. The molecule has 4 aromatic rings. The molecule has 0 aliphatic heterocycles. The van der Waals surface area contributed by atoms with Crippen molar-refractivity contribution in [3.05, 3.63) is 78.2 Å². The number of nitrogens with zero attached hydrogens (tertiary/aromatic N) is 3. The van der Waals surface area contributed by atoms with Crippen LogP contribution in [0.1, 0.15) is 46.2 Å². The van der Waals surface area contributed by atoms with Gasteiger partial charge in [-0.3, -0.25) is 0 Å². The van der Waals surface area contributed by atoms with Gasteiger partial charge >= 0.3 is 6.09 Å². The molecule has 0 unspecified atom stereocenters. The molecule has 0 saturated carbocycles. The van der Waals surface area contributed by atoms with Crippen LogP contribution >= 0.6 is 0 Å². The highest BCUT2D eigenvalue weighted by atomic mass is 19.1. The smallest absolute Gasteiger partial charge is 0.407 e. The molecule has 2 N–H and O–H groups in total. The molecular formula is C28H32FN5O3. The van der Waals surface area contributed by atoms with Crippen molar-refractivity contribution in [1.29, 1.82) is 0 Å². The fourth-order valence-electron chi connectivity index (χ4n) is 3.72. The van der Waals surface area contributed by atoms with Gasteiger partial charge in [-0.1, -0.05) is 12.1 Å². The average molecular weight is 506 g/mol. The molecule has 194 valence electrons. The van der Waals surface area contributed by atoms with E-state index in [0.29, 0.717) is 23.8 Å². The first-order valence-electron chi connectivity index (χ1n) is 12.2. The molecule has 4 rings (SSSR count). The van der Waals surface area contributed by atoms with Crippen molar-refractivity contribution in [3.63, 3.8) is 0 Å². The van der Waals surface area contributed by atoms with E-state index < -0.39 is 11.7 Å². The zero-order valence-corrected chi connectivity index (χ0v) is 21.7. The van der Waals surface area contributed by atoms with Gasteiger partial charge in [0.2, 0.25) is 0 Å². The number of fused-ring (bicyclic) bond motifs is 1. The van der Waals surface area contributed by atoms with Crippen LogP contribution in [0.25, 0.3) is 16.9 Å². The van der Waals surface area contributed by atoms with Crippen molar-refractivity contribution in [2.75, 3.05) is 11.9 Å². The summed E-state index contributed by atoms with van der Waals surface area (Å²) in [6.45, 7) is 9.56. The van der Waals surface area contributed by atoms with Gasteiger partial charge in [-0.05, 0) is 88.7 Å². The molecule has 0 saturated heterocycles. The van der Waals surface area contributed by atoms with Crippen molar-refractivity contribution >= 4 is 17.6 Å². The zero-order valence-electron chi connectivity index (χ0n) is 21.7. The van der Waals surface area contributed by atoms with Crippen molar-refractivity contribution in [2.24, 2.45) is 0 Å². The summed E-state index contributed by atoms with van der Waals surface area (Å²) in [6.07, 6.45) is 1.29. The predicted octanol–water partition coefficient (Wildman–Crippen LogP) is 6.00. The molecule has 2 aromatic carbocycles. The van der Waals surface area contributed by atoms with Gasteiger partial charge in [0, 0.05) is 5.56 Å². The number of rotatable bonds is 8. The molecule has 2 aromatic heterocycles. The maximum absolute atomic E-state index is 13.6. The van der Waals surface area contributed by atoms with E-state index in [2.05, 4.69) is 15.6 Å². The van der Waals surface area contributed by atoms with Crippen molar-refractivity contribution in [1.82, 2.24) is 19.9 Å². The van der Waals surface area contributed by atoms with Gasteiger partial charge in [-0.2, -0.15) is 0 Å². The van der Waals surface area contributed by atoms with E-state index >= 15 is 0 Å². The van der Waals surface area contributed by atoms with E-state index in [4.69, 9.17) is 14.6 Å². The number of halogens is 1. The Labute approximate surface area is 215 Å². The number of imidazole rings is 1. The summed E-state index contributed by atoms with van der Waals surface area (Å²) >= 11 is 0. The number of nitrogens with one attached hydrogen (secondary N) is 2. The molecule has 0 fully saturated rings. The highest BCUT2D eigenvalue weighted by Crippen LogP contribution is 2.25. The topological polar surface area (TPSA) is 89.8 Å². The maximum atomic E-state index is 13.6. The molecule has 9 heteroatoms. The van der Waals surface area contributed by atoms with Crippen LogP contribution in [0.3, 0.4) is 0 Å². The Morgan fingerprint density at radius 2 is 1.84 bits per heavy atom. The monoisotopic (exact) mass is 505 g/mol. The number of anilines is 1. The minimum atomic E-state index is -0.552. The van der Waals surface area contributed by atoms with Crippen molar-refractivity contribution in [2.45, 2.75) is 52.3 Å². The van der Waals surface area contributed by atoms with Gasteiger partial charge in [-0.25, -0.2) is 18.7 Å². The summed E-state index contributed by atoms with van der Waals surface area (Å²) in [6, 6.07) is 17.5. The Bertz CT molecular complexity index is 1360. The maximum Gasteiger partial charge on any atom is 0.407 e. The molecule has 0 aliphatic rings. The fraction of sp³-hybridized carbons (Fsp3) is 0.321. The van der Waals surface area contributed by atoms with E-state index in [1.807, 2.05) is 77.1 Å². The van der Waals surface area contributed by atoms with Crippen LogP contribution < -0.4 is 15.4 Å². The van der Waals surface area contributed by atoms with Crippen molar-refractivity contribution < 1.29 is 18.7 Å². The average Bonchev–Trinajstić information content (AvgIpc) is 3.25. The number of carbonyl (C=O) groups excluding carboxylic acids is 1. The zero-order chi connectivity index (χ0) is 26.6. The highest BCUT2D eigenvalue weighted by Gasteiger charge is 2.18. The van der Waals surface area contributed by atoms with Crippen LogP contribution in [0.4, 0.5) is 15.0 Å².